The van der Waals surface area contributed by atoms with Crippen LogP contribution in [0.3, 0.4) is 0 Å². The van der Waals surface area contributed by atoms with Gasteiger partial charge in [-0.25, -0.2) is 0 Å². The molecule has 2 N–H and O–H groups in total. The summed E-state index contributed by atoms with van der Waals surface area (Å²) in [6.45, 7) is 5.15. The molecule has 1 atom stereocenters. The standard InChI is InChI=1S/C22H22N2OS/c1-13-10-18(25)20(16-6-4-15(5-7-16)14(2)11-23-3)21-17-8-9-26-19(17)12-24-22(13)21/h4-10,12,14,23,25H,11H2,1-3H3/t14-/m1/s1. The second-order valence-corrected chi connectivity index (χ2v) is 7.80. The van der Waals surface area contributed by atoms with E-state index < -0.39 is 0 Å². The number of phenols is 1. The van der Waals surface area contributed by atoms with Crippen LogP contribution in [0.25, 0.3) is 32.1 Å². The van der Waals surface area contributed by atoms with E-state index in [1.54, 1.807) is 11.3 Å². The number of pyridine rings is 1. The number of hydrogen-bond acceptors (Lipinski definition) is 4. The quantitative estimate of drug-likeness (QED) is 0.507. The average molecular weight is 362 g/mol. The van der Waals surface area contributed by atoms with Gasteiger partial charge in [-0.1, -0.05) is 31.2 Å². The van der Waals surface area contributed by atoms with Crippen LogP contribution in [0.5, 0.6) is 5.75 Å². The second kappa shape index (κ2) is 6.71. The Morgan fingerprint density at radius 1 is 1.19 bits per heavy atom. The van der Waals surface area contributed by atoms with Gasteiger partial charge in [-0.15, -0.1) is 11.3 Å². The molecule has 0 aliphatic rings. The number of aryl methyl sites for hydroxylation is 1. The highest BCUT2D eigenvalue weighted by Crippen LogP contribution is 2.42. The number of aromatic hydroxyl groups is 1. The SMILES string of the molecule is CNC[C@@H](C)c1ccc(-c2c(O)cc(C)c3ncc4sccc4c23)cc1. The van der Waals surface area contributed by atoms with E-state index in [0.717, 1.165) is 44.2 Å². The van der Waals surface area contributed by atoms with Gasteiger partial charge in [0.25, 0.3) is 0 Å². The number of phenolic OH excluding ortho intramolecular Hbond substituents is 1. The largest absolute Gasteiger partial charge is 0.507 e. The highest BCUT2D eigenvalue weighted by molar-refractivity contribution is 7.17. The van der Waals surface area contributed by atoms with Gasteiger partial charge in [0.05, 0.1) is 10.2 Å². The van der Waals surface area contributed by atoms with Crippen molar-refractivity contribution in [2.45, 2.75) is 19.8 Å². The minimum Gasteiger partial charge on any atom is -0.507 e. The molecule has 3 nitrogen and oxygen atoms in total. The minimum absolute atomic E-state index is 0.312. The molecule has 0 aliphatic carbocycles. The Hall–Kier alpha value is -2.43. The molecular weight excluding hydrogens is 340 g/mol. The van der Waals surface area contributed by atoms with Gasteiger partial charge in [0.1, 0.15) is 5.75 Å². The van der Waals surface area contributed by atoms with Crippen LogP contribution in [0.2, 0.25) is 0 Å². The number of likely N-dealkylation sites (N-methyl/N-ethyl adjacent to an activating group) is 1. The lowest BCUT2D eigenvalue weighted by molar-refractivity contribution is 0.477. The van der Waals surface area contributed by atoms with Crippen LogP contribution in [-0.2, 0) is 0 Å². The van der Waals surface area contributed by atoms with Crippen molar-refractivity contribution in [3.63, 3.8) is 0 Å². The molecule has 2 aromatic carbocycles. The predicted molar refractivity (Wildman–Crippen MR) is 111 cm³/mol. The van der Waals surface area contributed by atoms with Crippen LogP contribution >= 0.6 is 11.3 Å². The predicted octanol–water partition coefficient (Wildman–Crippen LogP) is 5.45. The van der Waals surface area contributed by atoms with Crippen molar-refractivity contribution in [3.05, 3.63) is 59.1 Å². The van der Waals surface area contributed by atoms with Crippen molar-refractivity contribution in [3.8, 4) is 16.9 Å². The average Bonchev–Trinajstić information content (AvgIpc) is 3.11. The van der Waals surface area contributed by atoms with Gasteiger partial charge in [0.15, 0.2) is 0 Å². The summed E-state index contributed by atoms with van der Waals surface area (Å²) in [6.07, 6.45) is 1.93. The molecule has 2 heterocycles. The maximum Gasteiger partial charge on any atom is 0.124 e. The van der Waals surface area contributed by atoms with Crippen molar-refractivity contribution in [2.75, 3.05) is 13.6 Å². The van der Waals surface area contributed by atoms with E-state index >= 15 is 0 Å². The molecule has 0 aliphatic heterocycles. The fourth-order valence-corrected chi connectivity index (χ4v) is 4.42. The summed E-state index contributed by atoms with van der Waals surface area (Å²) >= 11 is 1.68. The van der Waals surface area contributed by atoms with E-state index in [-0.39, 0.29) is 0 Å². The highest BCUT2D eigenvalue weighted by atomic mass is 32.1. The fourth-order valence-electron chi connectivity index (χ4n) is 3.66. The number of thiophene rings is 1. The summed E-state index contributed by atoms with van der Waals surface area (Å²) in [5.74, 6) is 0.758. The zero-order valence-electron chi connectivity index (χ0n) is 15.2. The molecule has 4 rings (SSSR count). The van der Waals surface area contributed by atoms with E-state index in [1.165, 1.54) is 5.56 Å². The summed E-state index contributed by atoms with van der Waals surface area (Å²) in [5, 5.41) is 18.3. The molecule has 26 heavy (non-hydrogen) atoms. The molecule has 4 aromatic rings. The molecule has 0 amide bonds. The van der Waals surface area contributed by atoms with Crippen molar-refractivity contribution >= 4 is 32.3 Å². The fraction of sp³-hybridized carbons (Fsp3) is 0.227. The van der Waals surface area contributed by atoms with Crippen LogP contribution in [-0.4, -0.2) is 23.7 Å². The maximum atomic E-state index is 10.8. The minimum atomic E-state index is 0.312. The molecule has 2 aromatic heterocycles. The molecule has 132 valence electrons. The van der Waals surface area contributed by atoms with E-state index in [0.29, 0.717) is 11.7 Å². The normalized spacial score (nSPS) is 12.7. The summed E-state index contributed by atoms with van der Waals surface area (Å²) in [5.41, 5.74) is 5.13. The van der Waals surface area contributed by atoms with E-state index in [2.05, 4.69) is 52.9 Å². The number of rotatable bonds is 4. The molecule has 0 saturated carbocycles. The van der Waals surface area contributed by atoms with Gasteiger partial charge in [-0.3, -0.25) is 4.98 Å². The lowest BCUT2D eigenvalue weighted by Crippen LogP contribution is -2.14. The summed E-state index contributed by atoms with van der Waals surface area (Å²) in [6, 6.07) is 12.5. The summed E-state index contributed by atoms with van der Waals surface area (Å²) in [4.78, 5) is 4.67. The van der Waals surface area contributed by atoms with Crippen molar-refractivity contribution in [2.24, 2.45) is 0 Å². The monoisotopic (exact) mass is 362 g/mol. The third-order valence-corrected chi connectivity index (χ3v) is 5.88. The van der Waals surface area contributed by atoms with Crippen molar-refractivity contribution < 1.29 is 5.11 Å². The molecule has 4 heteroatoms. The first-order chi connectivity index (χ1) is 12.6. The van der Waals surface area contributed by atoms with Gasteiger partial charge < -0.3 is 10.4 Å². The molecular formula is C22H22N2OS. The Labute approximate surface area is 157 Å². The van der Waals surface area contributed by atoms with Crippen molar-refractivity contribution in [1.82, 2.24) is 10.3 Å². The first-order valence-corrected chi connectivity index (χ1v) is 9.71. The van der Waals surface area contributed by atoms with E-state index in [1.807, 2.05) is 26.2 Å². The van der Waals surface area contributed by atoms with Crippen LogP contribution in [0.1, 0.15) is 24.0 Å². The van der Waals surface area contributed by atoms with Gasteiger partial charge in [0, 0.05) is 29.1 Å². The number of nitrogens with zero attached hydrogens (tertiary/aromatic N) is 1. The Morgan fingerprint density at radius 2 is 1.96 bits per heavy atom. The van der Waals surface area contributed by atoms with Crippen LogP contribution in [0.4, 0.5) is 0 Å². The zero-order valence-corrected chi connectivity index (χ0v) is 16.0. The smallest absolute Gasteiger partial charge is 0.124 e. The Bertz CT molecular complexity index is 1080. The number of benzene rings is 2. The lowest BCUT2D eigenvalue weighted by Gasteiger charge is -2.15. The zero-order chi connectivity index (χ0) is 18.3. The summed E-state index contributed by atoms with van der Waals surface area (Å²) < 4.78 is 1.14. The molecule has 0 bridgehead atoms. The number of nitrogens with one attached hydrogen (secondary N) is 1. The van der Waals surface area contributed by atoms with Crippen LogP contribution in [0.15, 0.2) is 48.0 Å². The first kappa shape index (κ1) is 17.0. The highest BCUT2D eigenvalue weighted by Gasteiger charge is 2.16. The van der Waals surface area contributed by atoms with E-state index in [9.17, 15) is 5.11 Å². The van der Waals surface area contributed by atoms with Gasteiger partial charge >= 0.3 is 0 Å². The van der Waals surface area contributed by atoms with Gasteiger partial charge in [-0.2, -0.15) is 0 Å². The third kappa shape index (κ3) is 2.75. The van der Waals surface area contributed by atoms with Crippen LogP contribution < -0.4 is 5.32 Å². The van der Waals surface area contributed by atoms with Crippen molar-refractivity contribution in [1.29, 1.82) is 0 Å². The summed E-state index contributed by atoms with van der Waals surface area (Å²) in [7, 11) is 1.97. The molecule has 0 radical (unpaired) electrons. The maximum absolute atomic E-state index is 10.8. The topological polar surface area (TPSA) is 45.1 Å². The Kier molecular flexibility index (Phi) is 4.39. The Morgan fingerprint density at radius 3 is 2.69 bits per heavy atom. The molecule has 0 spiro atoms. The van der Waals surface area contributed by atoms with Gasteiger partial charge in [-0.05, 0) is 54.1 Å². The van der Waals surface area contributed by atoms with Crippen LogP contribution in [0, 0.1) is 6.92 Å². The van der Waals surface area contributed by atoms with Gasteiger partial charge in [0.2, 0.25) is 0 Å². The lowest BCUT2D eigenvalue weighted by atomic mass is 9.93. The second-order valence-electron chi connectivity index (χ2n) is 6.85. The number of hydrogen-bond donors (Lipinski definition) is 2. The number of aromatic nitrogens is 1. The molecule has 0 saturated heterocycles. The molecule has 0 unspecified atom stereocenters. The molecule has 0 fully saturated rings. The first-order valence-electron chi connectivity index (χ1n) is 8.83. The Balaban J connectivity index is 1.95. The third-order valence-electron chi connectivity index (χ3n) is 5.02. The number of fused-ring (bicyclic) bond motifs is 3. The van der Waals surface area contributed by atoms with E-state index in [4.69, 9.17) is 0 Å².